The molecule has 0 aromatic carbocycles. The van der Waals surface area contributed by atoms with Crippen molar-refractivity contribution in [3.05, 3.63) is 11.9 Å². The molecule has 1 saturated heterocycles. The number of hydrogen-bond donors (Lipinski definition) is 1. The normalized spacial score (nSPS) is 27.5. The van der Waals surface area contributed by atoms with Crippen LogP contribution in [0.4, 0.5) is 16.4 Å². The van der Waals surface area contributed by atoms with E-state index in [9.17, 15) is 9.59 Å². The Bertz CT molecular complexity index is 722. The number of piperazine rings is 1. The molecule has 1 aromatic heterocycles. The maximum absolute atomic E-state index is 12.2. The lowest BCUT2D eigenvalue weighted by Crippen LogP contribution is -2.50. The second kappa shape index (κ2) is 5.86. The first-order valence-corrected chi connectivity index (χ1v) is 8.84. The minimum absolute atomic E-state index is 0.00445. The van der Waals surface area contributed by atoms with Crippen molar-refractivity contribution in [3.8, 4) is 0 Å². The Balaban J connectivity index is 1.56. The smallest absolute Gasteiger partial charge is 0.410 e. The topological polar surface area (TPSA) is 87.7 Å². The Kier molecular flexibility index (Phi) is 3.77. The number of amides is 2. The van der Waals surface area contributed by atoms with Gasteiger partial charge in [-0.3, -0.25) is 4.79 Å². The number of carbonyl (C=O) groups excluding carboxylic acids is 2. The van der Waals surface area contributed by atoms with Gasteiger partial charge < -0.3 is 19.9 Å². The minimum atomic E-state index is -0.229. The van der Waals surface area contributed by atoms with Crippen LogP contribution >= 0.6 is 0 Å². The summed E-state index contributed by atoms with van der Waals surface area (Å²) >= 11 is 0. The number of ether oxygens (including phenoxy) is 1. The third-order valence-electron chi connectivity index (χ3n) is 5.05. The van der Waals surface area contributed by atoms with Crippen LogP contribution in [0.3, 0.4) is 0 Å². The number of aromatic nitrogens is 2. The monoisotopic (exact) mass is 345 g/mol. The molecular formula is C17H23N5O3. The Morgan fingerprint density at radius 3 is 2.88 bits per heavy atom. The van der Waals surface area contributed by atoms with Crippen molar-refractivity contribution in [1.29, 1.82) is 0 Å². The summed E-state index contributed by atoms with van der Waals surface area (Å²) in [6.07, 6.45) is 2.53. The van der Waals surface area contributed by atoms with Gasteiger partial charge >= 0.3 is 6.09 Å². The highest BCUT2D eigenvalue weighted by molar-refractivity contribution is 5.94. The van der Waals surface area contributed by atoms with Crippen LogP contribution in [0.1, 0.15) is 45.1 Å². The number of nitrogens with one attached hydrogen (secondary N) is 1. The second-order valence-electron chi connectivity index (χ2n) is 7.30. The molecule has 8 nitrogen and oxygen atoms in total. The fraction of sp³-hybridized carbons (Fsp3) is 0.647. The van der Waals surface area contributed by atoms with Gasteiger partial charge in [-0.05, 0) is 26.2 Å². The van der Waals surface area contributed by atoms with Gasteiger partial charge in [0.1, 0.15) is 18.0 Å². The van der Waals surface area contributed by atoms with E-state index >= 15 is 0 Å². The maximum Gasteiger partial charge on any atom is 0.410 e. The molecule has 0 spiro atoms. The van der Waals surface area contributed by atoms with Crippen molar-refractivity contribution in [2.24, 2.45) is 0 Å². The van der Waals surface area contributed by atoms with E-state index in [-0.39, 0.29) is 36.1 Å². The molecule has 25 heavy (non-hydrogen) atoms. The summed E-state index contributed by atoms with van der Waals surface area (Å²) in [5, 5.41) is 2.85. The summed E-state index contributed by atoms with van der Waals surface area (Å²) in [7, 11) is 0. The maximum atomic E-state index is 12.2. The van der Waals surface area contributed by atoms with E-state index in [0.29, 0.717) is 25.3 Å². The van der Waals surface area contributed by atoms with Crippen LogP contribution in [-0.2, 0) is 9.53 Å². The molecule has 3 heterocycles. The van der Waals surface area contributed by atoms with Gasteiger partial charge in [0, 0.05) is 25.1 Å². The molecule has 4 rings (SSSR count). The third kappa shape index (κ3) is 2.79. The van der Waals surface area contributed by atoms with E-state index in [2.05, 4.69) is 20.2 Å². The summed E-state index contributed by atoms with van der Waals surface area (Å²) in [4.78, 5) is 36.8. The van der Waals surface area contributed by atoms with Gasteiger partial charge in [-0.2, -0.15) is 0 Å². The van der Waals surface area contributed by atoms with Gasteiger partial charge in [-0.25, -0.2) is 14.8 Å². The van der Waals surface area contributed by atoms with Crippen molar-refractivity contribution in [2.75, 3.05) is 23.3 Å². The average molecular weight is 345 g/mol. The Morgan fingerprint density at radius 1 is 1.32 bits per heavy atom. The van der Waals surface area contributed by atoms with Crippen molar-refractivity contribution in [1.82, 2.24) is 14.9 Å². The predicted molar refractivity (Wildman–Crippen MR) is 91.6 cm³/mol. The lowest BCUT2D eigenvalue weighted by molar-refractivity contribution is -0.116. The van der Waals surface area contributed by atoms with Crippen molar-refractivity contribution < 1.29 is 14.3 Å². The molecule has 2 fully saturated rings. The zero-order valence-electron chi connectivity index (χ0n) is 14.7. The average Bonchev–Trinajstić information content (AvgIpc) is 3.32. The molecule has 3 aliphatic rings. The molecule has 1 N–H and O–H groups in total. The highest BCUT2D eigenvalue weighted by Gasteiger charge is 2.52. The van der Waals surface area contributed by atoms with E-state index in [4.69, 9.17) is 4.74 Å². The summed E-state index contributed by atoms with van der Waals surface area (Å²) in [5.74, 6) is 1.59. The Morgan fingerprint density at radius 2 is 2.12 bits per heavy atom. The second-order valence-corrected chi connectivity index (χ2v) is 7.30. The summed E-state index contributed by atoms with van der Waals surface area (Å²) in [6.45, 7) is 7.08. The third-order valence-corrected chi connectivity index (χ3v) is 5.05. The quantitative estimate of drug-likeness (QED) is 0.878. The summed E-state index contributed by atoms with van der Waals surface area (Å²) < 4.78 is 5.34. The molecule has 2 amide bonds. The van der Waals surface area contributed by atoms with Crippen LogP contribution in [0.15, 0.2) is 6.33 Å². The zero-order chi connectivity index (χ0) is 17.7. The van der Waals surface area contributed by atoms with Gasteiger partial charge in [0.25, 0.3) is 0 Å². The number of fused-ring (bicyclic) bond motifs is 2. The van der Waals surface area contributed by atoms with E-state index < -0.39 is 0 Å². The van der Waals surface area contributed by atoms with Crippen molar-refractivity contribution in [3.63, 3.8) is 0 Å². The number of carbonyl (C=O) groups is 2. The van der Waals surface area contributed by atoms with E-state index in [0.717, 1.165) is 17.8 Å². The lowest BCUT2D eigenvalue weighted by Gasteiger charge is -2.36. The van der Waals surface area contributed by atoms with Crippen LogP contribution in [0.5, 0.6) is 0 Å². The fourth-order valence-electron chi connectivity index (χ4n) is 3.88. The fourth-order valence-corrected chi connectivity index (χ4v) is 3.88. The van der Waals surface area contributed by atoms with Gasteiger partial charge in [0.15, 0.2) is 0 Å². The molecule has 1 aliphatic carbocycles. The highest BCUT2D eigenvalue weighted by Crippen LogP contribution is 2.43. The number of anilines is 2. The van der Waals surface area contributed by atoms with Crippen LogP contribution in [0.25, 0.3) is 0 Å². The molecule has 0 bridgehead atoms. The zero-order valence-corrected chi connectivity index (χ0v) is 14.7. The molecule has 2 aliphatic heterocycles. The van der Waals surface area contributed by atoms with Gasteiger partial charge in [0.2, 0.25) is 5.91 Å². The van der Waals surface area contributed by atoms with Crippen LogP contribution in [0.2, 0.25) is 0 Å². The van der Waals surface area contributed by atoms with Crippen LogP contribution in [-0.4, -0.2) is 58.1 Å². The summed E-state index contributed by atoms with van der Waals surface area (Å²) in [5.41, 5.74) is 1.01. The minimum Gasteiger partial charge on any atom is -0.447 e. The molecule has 0 radical (unpaired) electrons. The standard InChI is InChI=1S/C17H23N5O3/c1-9(2)25-17(24)22-5-4-21(11-7-12(11)22)16-14-10(3)6-13(23)20-15(14)18-8-19-16/h8-12H,4-7H2,1-3H3,(H,18,19,20,23)/t10-,11?,12?/m1/s1. The van der Waals surface area contributed by atoms with Gasteiger partial charge in [-0.1, -0.05) is 6.92 Å². The molecule has 1 aromatic rings. The Labute approximate surface area is 146 Å². The first-order valence-electron chi connectivity index (χ1n) is 8.84. The number of nitrogens with zero attached hydrogens (tertiary/aromatic N) is 4. The predicted octanol–water partition coefficient (Wildman–Crippen LogP) is 1.73. The molecule has 8 heteroatoms. The Hall–Kier alpha value is -2.38. The molecule has 2 unspecified atom stereocenters. The lowest BCUT2D eigenvalue weighted by atomic mass is 9.94. The largest absolute Gasteiger partial charge is 0.447 e. The SMILES string of the molecule is CC(C)OC(=O)N1CCN(c2ncnc3c2[C@H](C)CC(=O)N3)C2CC21. The molecule has 1 saturated carbocycles. The molecule has 134 valence electrons. The summed E-state index contributed by atoms with van der Waals surface area (Å²) in [6, 6.07) is 0.441. The first kappa shape index (κ1) is 16.1. The molecular weight excluding hydrogens is 322 g/mol. The van der Waals surface area contributed by atoms with E-state index in [1.54, 1.807) is 0 Å². The highest BCUT2D eigenvalue weighted by atomic mass is 16.6. The van der Waals surface area contributed by atoms with Crippen molar-refractivity contribution >= 4 is 23.6 Å². The van der Waals surface area contributed by atoms with Crippen LogP contribution in [0, 0.1) is 0 Å². The number of rotatable bonds is 2. The van der Waals surface area contributed by atoms with E-state index in [1.807, 2.05) is 25.7 Å². The van der Waals surface area contributed by atoms with E-state index in [1.165, 1.54) is 6.33 Å². The molecule has 3 atom stereocenters. The van der Waals surface area contributed by atoms with Gasteiger partial charge in [0.05, 0.1) is 18.2 Å². The number of hydrogen-bond acceptors (Lipinski definition) is 6. The van der Waals surface area contributed by atoms with Crippen LogP contribution < -0.4 is 10.2 Å². The van der Waals surface area contributed by atoms with Crippen molar-refractivity contribution in [2.45, 2.75) is 57.7 Å². The van der Waals surface area contributed by atoms with Gasteiger partial charge in [-0.15, -0.1) is 0 Å². The first-order chi connectivity index (χ1) is 12.0.